The summed E-state index contributed by atoms with van der Waals surface area (Å²) < 4.78 is 27.9. The van der Waals surface area contributed by atoms with Crippen molar-refractivity contribution in [2.45, 2.75) is 11.8 Å². The van der Waals surface area contributed by atoms with E-state index in [1.165, 1.54) is 4.31 Å². The number of hydrogen-bond acceptors (Lipinski definition) is 2. The minimum absolute atomic E-state index is 0.314. The van der Waals surface area contributed by atoms with Gasteiger partial charge in [-0.3, -0.25) is 4.31 Å². The highest BCUT2D eigenvalue weighted by Crippen LogP contribution is 2.37. The normalized spacial score (nSPS) is 13.9. The van der Waals surface area contributed by atoms with E-state index in [0.29, 0.717) is 11.4 Å². The van der Waals surface area contributed by atoms with Gasteiger partial charge in [0.1, 0.15) is 0 Å². The third-order valence-corrected chi connectivity index (χ3v) is 6.41. The molecule has 3 aromatic carbocycles. The van der Waals surface area contributed by atoms with E-state index in [-0.39, 0.29) is 0 Å². The fourth-order valence-electron chi connectivity index (χ4n) is 3.26. The second-order valence-corrected chi connectivity index (χ2v) is 8.21. The largest absolute Gasteiger partial charge is 0.264 e. The molecule has 0 fully saturated rings. The maximum Gasteiger partial charge on any atom is 0.264 e. The monoisotopic (exact) mass is 361 g/mol. The van der Waals surface area contributed by atoms with Gasteiger partial charge in [-0.25, -0.2) is 8.42 Å². The lowest BCUT2D eigenvalue weighted by molar-refractivity contribution is 0.592. The van der Waals surface area contributed by atoms with Crippen LogP contribution < -0.4 is 4.31 Å². The van der Waals surface area contributed by atoms with Gasteiger partial charge in [0.05, 0.1) is 17.1 Å². The van der Waals surface area contributed by atoms with E-state index in [1.54, 1.807) is 12.1 Å². The van der Waals surface area contributed by atoms with Gasteiger partial charge < -0.3 is 0 Å². The van der Waals surface area contributed by atoms with Gasteiger partial charge >= 0.3 is 0 Å². The highest BCUT2D eigenvalue weighted by atomic mass is 32.2. The molecule has 0 spiro atoms. The lowest BCUT2D eigenvalue weighted by atomic mass is 9.94. The summed E-state index contributed by atoms with van der Waals surface area (Å²) in [6, 6.07) is 24.7. The van der Waals surface area contributed by atoms with E-state index in [0.717, 1.165) is 28.0 Å². The number of benzene rings is 3. The Morgan fingerprint density at radius 3 is 2.19 bits per heavy atom. The molecule has 0 bridgehead atoms. The Kier molecular flexibility index (Phi) is 4.13. The number of nitrogens with zero attached hydrogens (tertiary/aromatic N) is 1. The summed E-state index contributed by atoms with van der Waals surface area (Å²) in [6.45, 7) is 2.26. The molecule has 4 rings (SSSR count). The summed E-state index contributed by atoms with van der Waals surface area (Å²) in [5, 5.41) is 0. The lowest BCUT2D eigenvalue weighted by Crippen LogP contribution is -2.34. The van der Waals surface area contributed by atoms with Crippen molar-refractivity contribution in [1.82, 2.24) is 0 Å². The Hall–Kier alpha value is -2.85. The first-order valence-electron chi connectivity index (χ1n) is 8.52. The van der Waals surface area contributed by atoms with Crippen LogP contribution in [0.2, 0.25) is 0 Å². The van der Waals surface area contributed by atoms with Gasteiger partial charge in [0, 0.05) is 5.56 Å². The van der Waals surface area contributed by atoms with Crippen molar-refractivity contribution in [3.63, 3.8) is 0 Å². The number of rotatable bonds is 3. The van der Waals surface area contributed by atoms with Crippen molar-refractivity contribution >= 4 is 21.3 Å². The second-order valence-electron chi connectivity index (χ2n) is 6.35. The topological polar surface area (TPSA) is 37.4 Å². The first kappa shape index (κ1) is 16.6. The molecule has 0 saturated heterocycles. The minimum atomic E-state index is -3.61. The molecule has 0 aromatic heterocycles. The zero-order valence-corrected chi connectivity index (χ0v) is 15.3. The van der Waals surface area contributed by atoms with Crippen LogP contribution in [0.5, 0.6) is 0 Å². The summed E-state index contributed by atoms with van der Waals surface area (Å²) in [5.41, 5.74) is 4.84. The van der Waals surface area contributed by atoms with E-state index in [2.05, 4.69) is 0 Å². The predicted molar refractivity (Wildman–Crippen MR) is 106 cm³/mol. The smallest absolute Gasteiger partial charge is 0.262 e. The highest BCUT2D eigenvalue weighted by Gasteiger charge is 2.29. The van der Waals surface area contributed by atoms with Gasteiger partial charge in [0.15, 0.2) is 0 Å². The van der Waals surface area contributed by atoms with E-state index in [9.17, 15) is 8.42 Å². The van der Waals surface area contributed by atoms with Crippen LogP contribution in [-0.2, 0) is 10.0 Å². The zero-order chi connectivity index (χ0) is 18.1. The molecule has 1 heterocycles. The van der Waals surface area contributed by atoms with Gasteiger partial charge in [0.25, 0.3) is 10.0 Å². The summed E-state index contributed by atoms with van der Waals surface area (Å²) in [6.07, 6.45) is 1.99. The molecule has 3 aromatic rings. The molecule has 0 aliphatic carbocycles. The van der Waals surface area contributed by atoms with Gasteiger partial charge in [-0.1, -0.05) is 72.3 Å². The van der Waals surface area contributed by atoms with Gasteiger partial charge in [0.2, 0.25) is 0 Å². The molecule has 1 aliphatic heterocycles. The van der Waals surface area contributed by atoms with E-state index in [4.69, 9.17) is 0 Å². The Labute approximate surface area is 154 Å². The summed E-state index contributed by atoms with van der Waals surface area (Å²) in [5.74, 6) is 0. The molecule has 1 aliphatic rings. The van der Waals surface area contributed by atoms with Crippen LogP contribution in [0, 0.1) is 6.92 Å². The Morgan fingerprint density at radius 2 is 1.46 bits per heavy atom. The Morgan fingerprint density at radius 1 is 0.808 bits per heavy atom. The standard InChI is InChI=1S/C22H19NO2S/c1-17-11-13-19(14-12-17)26(24,25)23-16-15-20(18-7-3-2-4-8-18)21-9-5-6-10-22(21)23/h2-15H,16H2,1H3. The van der Waals surface area contributed by atoms with Crippen LogP contribution in [-0.4, -0.2) is 15.0 Å². The lowest BCUT2D eigenvalue weighted by Gasteiger charge is -2.30. The van der Waals surface area contributed by atoms with Crippen LogP contribution >= 0.6 is 0 Å². The molecular weight excluding hydrogens is 342 g/mol. The van der Waals surface area contributed by atoms with Crippen molar-refractivity contribution in [3.05, 3.63) is 102 Å². The molecule has 0 radical (unpaired) electrons. The number of para-hydroxylation sites is 1. The first-order chi connectivity index (χ1) is 12.6. The molecule has 0 N–H and O–H groups in total. The number of hydrogen-bond donors (Lipinski definition) is 0. The number of sulfonamides is 1. The first-order valence-corrected chi connectivity index (χ1v) is 9.96. The average Bonchev–Trinajstić information content (AvgIpc) is 2.68. The molecule has 0 saturated carbocycles. The van der Waals surface area contributed by atoms with E-state index < -0.39 is 10.0 Å². The maximum absolute atomic E-state index is 13.2. The van der Waals surface area contributed by atoms with Crippen LogP contribution in [0.25, 0.3) is 5.57 Å². The van der Waals surface area contributed by atoms with E-state index >= 15 is 0 Å². The van der Waals surface area contributed by atoms with Gasteiger partial charge in [-0.05, 0) is 36.3 Å². The molecule has 0 unspecified atom stereocenters. The van der Waals surface area contributed by atoms with Crippen LogP contribution in [0.1, 0.15) is 16.7 Å². The minimum Gasteiger partial charge on any atom is -0.262 e. The number of aryl methyl sites for hydroxylation is 1. The quantitative estimate of drug-likeness (QED) is 0.682. The fourth-order valence-corrected chi connectivity index (χ4v) is 4.68. The highest BCUT2D eigenvalue weighted by molar-refractivity contribution is 7.92. The van der Waals surface area contributed by atoms with Crippen LogP contribution in [0.15, 0.2) is 89.8 Å². The molecule has 0 atom stereocenters. The van der Waals surface area contributed by atoms with Gasteiger partial charge in [-0.15, -0.1) is 0 Å². The Bertz CT molecular complexity index is 1070. The van der Waals surface area contributed by atoms with Crippen LogP contribution in [0.3, 0.4) is 0 Å². The molecule has 130 valence electrons. The summed E-state index contributed by atoms with van der Waals surface area (Å²) in [4.78, 5) is 0.314. The zero-order valence-electron chi connectivity index (χ0n) is 14.5. The Balaban J connectivity index is 1.82. The average molecular weight is 361 g/mol. The second kappa shape index (κ2) is 6.46. The van der Waals surface area contributed by atoms with Crippen molar-refractivity contribution in [1.29, 1.82) is 0 Å². The third-order valence-electron chi connectivity index (χ3n) is 4.62. The molecule has 26 heavy (non-hydrogen) atoms. The maximum atomic E-state index is 13.2. The predicted octanol–water partition coefficient (Wildman–Crippen LogP) is 4.64. The molecular formula is C22H19NO2S. The molecule has 3 nitrogen and oxygen atoms in total. The van der Waals surface area contributed by atoms with Crippen LogP contribution in [0.4, 0.5) is 5.69 Å². The van der Waals surface area contributed by atoms with Crippen molar-refractivity contribution in [2.75, 3.05) is 10.8 Å². The fraction of sp³-hybridized carbons (Fsp3) is 0.0909. The third kappa shape index (κ3) is 2.82. The van der Waals surface area contributed by atoms with Gasteiger partial charge in [-0.2, -0.15) is 0 Å². The van der Waals surface area contributed by atoms with E-state index in [1.807, 2.05) is 79.7 Å². The molecule has 0 amide bonds. The molecule has 4 heteroatoms. The number of anilines is 1. The number of fused-ring (bicyclic) bond motifs is 1. The van der Waals surface area contributed by atoms with Crippen molar-refractivity contribution in [2.24, 2.45) is 0 Å². The summed E-state index contributed by atoms with van der Waals surface area (Å²) >= 11 is 0. The SMILES string of the molecule is Cc1ccc(S(=O)(=O)N2CC=C(c3ccccc3)c3ccccc32)cc1. The summed E-state index contributed by atoms with van der Waals surface area (Å²) in [7, 11) is -3.61. The van der Waals surface area contributed by atoms with Crippen molar-refractivity contribution in [3.8, 4) is 0 Å². The van der Waals surface area contributed by atoms with Crippen molar-refractivity contribution < 1.29 is 8.42 Å².